The van der Waals surface area contributed by atoms with E-state index in [1.807, 2.05) is 84.4 Å². The summed E-state index contributed by atoms with van der Waals surface area (Å²) in [7, 11) is 1.78. The number of hydrogen-bond donors (Lipinski definition) is 2. The normalized spacial score (nSPS) is 11.3. The van der Waals surface area contributed by atoms with Crippen molar-refractivity contribution < 1.29 is 9.59 Å². The van der Waals surface area contributed by atoms with Gasteiger partial charge in [-0.2, -0.15) is 0 Å². The Labute approximate surface area is 240 Å². The van der Waals surface area contributed by atoms with E-state index in [-0.39, 0.29) is 17.2 Å². The summed E-state index contributed by atoms with van der Waals surface area (Å²) in [5.74, 6) is 0.379. The van der Waals surface area contributed by atoms with Gasteiger partial charge in [-0.05, 0) is 66.4 Å². The molecule has 0 saturated heterocycles. The third-order valence-electron chi connectivity index (χ3n) is 7.02. The Hall–Kier alpha value is -4.98. The van der Waals surface area contributed by atoms with Crippen molar-refractivity contribution in [1.29, 1.82) is 0 Å². The monoisotopic (exact) mass is 546 g/mol. The Kier molecular flexibility index (Phi) is 7.57. The number of anilines is 3. The van der Waals surface area contributed by atoms with Gasteiger partial charge in [-0.25, -0.2) is 9.97 Å². The summed E-state index contributed by atoms with van der Waals surface area (Å²) in [5.41, 5.74) is 6.10. The number of benzene rings is 3. The highest BCUT2D eigenvalue weighted by Gasteiger charge is 2.16. The second-order valence-electron chi connectivity index (χ2n) is 11.0. The lowest BCUT2D eigenvalue weighted by atomic mass is 9.87. The highest BCUT2D eigenvalue weighted by atomic mass is 16.2. The van der Waals surface area contributed by atoms with Crippen LogP contribution in [0.5, 0.6) is 0 Å². The standard InChI is InChI=1S/C33H34N6O2/c1-6-38(5)32(41)23-12-16-26(17-13-23)35-29-30-34-18-19-39(30)21-28(37-29)24-8-7-9-27(20-24)36-31(40)22-10-14-25(15-11-22)33(2,3)4/h7-21H,6H2,1-5H3,(H,35,37)(H,36,40). The number of aromatic nitrogens is 3. The van der Waals surface area contributed by atoms with Crippen molar-refractivity contribution in [3.8, 4) is 11.3 Å². The molecule has 0 atom stereocenters. The third-order valence-corrected chi connectivity index (χ3v) is 7.02. The lowest BCUT2D eigenvalue weighted by Gasteiger charge is -2.19. The number of nitrogens with one attached hydrogen (secondary N) is 2. The van der Waals surface area contributed by atoms with Crippen LogP contribution in [0.25, 0.3) is 16.9 Å². The van der Waals surface area contributed by atoms with E-state index in [1.54, 1.807) is 30.3 Å². The van der Waals surface area contributed by atoms with Gasteiger partial charge in [0.1, 0.15) is 0 Å². The summed E-state index contributed by atoms with van der Waals surface area (Å²) in [6, 6.07) is 22.6. The van der Waals surface area contributed by atoms with Crippen LogP contribution in [0, 0.1) is 0 Å². The van der Waals surface area contributed by atoms with E-state index in [4.69, 9.17) is 4.98 Å². The molecule has 8 heteroatoms. The van der Waals surface area contributed by atoms with E-state index < -0.39 is 0 Å². The predicted molar refractivity (Wildman–Crippen MR) is 164 cm³/mol. The molecule has 2 N–H and O–H groups in total. The largest absolute Gasteiger partial charge is 0.342 e. The van der Waals surface area contributed by atoms with Gasteiger partial charge in [0.15, 0.2) is 11.5 Å². The summed E-state index contributed by atoms with van der Waals surface area (Å²) in [5, 5.41) is 6.35. The van der Waals surface area contributed by atoms with Crippen LogP contribution in [0.2, 0.25) is 0 Å². The Bertz CT molecular complexity index is 1700. The molecule has 2 amide bonds. The Morgan fingerprint density at radius 1 is 0.927 bits per heavy atom. The van der Waals surface area contributed by atoms with Gasteiger partial charge in [-0.1, -0.05) is 45.0 Å². The molecule has 0 spiro atoms. The zero-order valence-corrected chi connectivity index (χ0v) is 24.0. The molecule has 8 nitrogen and oxygen atoms in total. The minimum atomic E-state index is -0.171. The van der Waals surface area contributed by atoms with Crippen LogP contribution in [0.15, 0.2) is 91.4 Å². The van der Waals surface area contributed by atoms with Crippen LogP contribution < -0.4 is 10.6 Å². The second kappa shape index (κ2) is 11.3. The van der Waals surface area contributed by atoms with Gasteiger partial charge in [-0.15, -0.1) is 0 Å². The zero-order valence-electron chi connectivity index (χ0n) is 24.0. The fourth-order valence-electron chi connectivity index (χ4n) is 4.43. The Balaban J connectivity index is 1.38. The summed E-state index contributed by atoms with van der Waals surface area (Å²) in [6.07, 6.45) is 5.48. The van der Waals surface area contributed by atoms with Crippen LogP contribution in [0.1, 0.15) is 54.0 Å². The molecule has 5 aromatic rings. The molecule has 0 unspecified atom stereocenters. The van der Waals surface area contributed by atoms with E-state index in [2.05, 4.69) is 36.4 Å². The van der Waals surface area contributed by atoms with Crippen molar-refractivity contribution in [3.63, 3.8) is 0 Å². The van der Waals surface area contributed by atoms with Crippen molar-refractivity contribution in [1.82, 2.24) is 19.3 Å². The zero-order chi connectivity index (χ0) is 29.1. The van der Waals surface area contributed by atoms with E-state index >= 15 is 0 Å². The molecule has 2 heterocycles. The van der Waals surface area contributed by atoms with Crippen molar-refractivity contribution in [2.24, 2.45) is 0 Å². The van der Waals surface area contributed by atoms with Crippen molar-refractivity contribution in [2.75, 3.05) is 24.2 Å². The predicted octanol–water partition coefficient (Wildman–Crippen LogP) is 6.78. The maximum Gasteiger partial charge on any atom is 0.255 e. The summed E-state index contributed by atoms with van der Waals surface area (Å²) in [4.78, 5) is 36.4. The van der Waals surface area contributed by atoms with E-state index in [9.17, 15) is 9.59 Å². The SMILES string of the molecule is CCN(C)C(=O)c1ccc(Nc2nc(-c3cccc(NC(=O)c4ccc(C(C)(C)C)cc4)c3)cn3ccnc23)cc1. The van der Waals surface area contributed by atoms with Gasteiger partial charge in [0.25, 0.3) is 11.8 Å². The maximum atomic E-state index is 13.0. The highest BCUT2D eigenvalue weighted by molar-refractivity contribution is 6.04. The number of nitrogens with zero attached hydrogens (tertiary/aromatic N) is 4. The smallest absolute Gasteiger partial charge is 0.255 e. The molecule has 0 aliphatic rings. The number of fused-ring (bicyclic) bond motifs is 1. The Morgan fingerprint density at radius 3 is 2.32 bits per heavy atom. The first kappa shape index (κ1) is 27.6. The van der Waals surface area contributed by atoms with Gasteiger partial charge in [0, 0.05) is 60.2 Å². The lowest BCUT2D eigenvalue weighted by Crippen LogP contribution is -2.26. The molecule has 0 radical (unpaired) electrons. The fraction of sp³-hybridized carbons (Fsp3) is 0.212. The summed E-state index contributed by atoms with van der Waals surface area (Å²) >= 11 is 0. The first-order chi connectivity index (χ1) is 19.6. The highest BCUT2D eigenvalue weighted by Crippen LogP contribution is 2.27. The molecule has 208 valence electrons. The summed E-state index contributed by atoms with van der Waals surface area (Å²) in [6.45, 7) is 9.03. The molecule has 0 saturated carbocycles. The van der Waals surface area contributed by atoms with Crippen molar-refractivity contribution in [2.45, 2.75) is 33.1 Å². The number of carbonyl (C=O) groups is 2. The van der Waals surface area contributed by atoms with Crippen molar-refractivity contribution in [3.05, 3.63) is 108 Å². The Morgan fingerprint density at radius 2 is 1.63 bits per heavy atom. The van der Waals surface area contributed by atoms with Gasteiger partial charge in [-0.3, -0.25) is 9.59 Å². The minimum Gasteiger partial charge on any atom is -0.342 e. The third kappa shape index (κ3) is 6.11. The molecular weight excluding hydrogens is 512 g/mol. The molecule has 5 rings (SSSR count). The van der Waals surface area contributed by atoms with Crippen LogP contribution >= 0.6 is 0 Å². The number of amides is 2. The van der Waals surface area contributed by atoms with Gasteiger partial charge in [0.2, 0.25) is 0 Å². The molecule has 41 heavy (non-hydrogen) atoms. The number of hydrogen-bond acceptors (Lipinski definition) is 5. The van der Waals surface area contributed by atoms with E-state index in [0.29, 0.717) is 40.5 Å². The minimum absolute atomic E-state index is 0.0224. The summed E-state index contributed by atoms with van der Waals surface area (Å²) < 4.78 is 1.90. The number of rotatable bonds is 7. The molecule has 2 aromatic heterocycles. The number of imidazole rings is 1. The molecular formula is C33H34N6O2. The second-order valence-corrected chi connectivity index (χ2v) is 11.0. The van der Waals surface area contributed by atoms with Gasteiger partial charge in [0.05, 0.1) is 5.69 Å². The maximum absolute atomic E-state index is 13.0. The topological polar surface area (TPSA) is 91.6 Å². The van der Waals surface area contributed by atoms with E-state index in [0.717, 1.165) is 11.3 Å². The lowest BCUT2D eigenvalue weighted by molar-refractivity contribution is 0.0802. The van der Waals surface area contributed by atoms with Gasteiger partial charge >= 0.3 is 0 Å². The molecule has 0 bridgehead atoms. The molecule has 0 aliphatic carbocycles. The van der Waals surface area contributed by atoms with Crippen LogP contribution in [0.4, 0.5) is 17.2 Å². The fourth-order valence-corrected chi connectivity index (χ4v) is 4.43. The quantitative estimate of drug-likeness (QED) is 0.235. The van der Waals surface area contributed by atoms with Crippen LogP contribution in [-0.2, 0) is 5.41 Å². The first-order valence-electron chi connectivity index (χ1n) is 13.6. The van der Waals surface area contributed by atoms with E-state index in [1.165, 1.54) is 5.56 Å². The molecule has 0 aliphatic heterocycles. The molecule has 3 aromatic carbocycles. The van der Waals surface area contributed by atoms with Crippen LogP contribution in [-0.4, -0.2) is 44.7 Å². The first-order valence-corrected chi connectivity index (χ1v) is 13.6. The van der Waals surface area contributed by atoms with Crippen LogP contribution in [0.3, 0.4) is 0 Å². The van der Waals surface area contributed by atoms with Gasteiger partial charge < -0.3 is 19.9 Å². The van der Waals surface area contributed by atoms with Crippen molar-refractivity contribution >= 4 is 34.7 Å². The molecule has 0 fully saturated rings. The number of carbonyl (C=O) groups excluding carboxylic acids is 2. The average Bonchev–Trinajstić information content (AvgIpc) is 3.46. The average molecular weight is 547 g/mol.